The Morgan fingerprint density at radius 3 is 1.91 bits per heavy atom. The lowest BCUT2D eigenvalue weighted by molar-refractivity contribution is -0.142. The van der Waals surface area contributed by atoms with Crippen LogP contribution in [0, 0.1) is 0 Å². The van der Waals surface area contributed by atoms with E-state index in [9.17, 15) is 19.2 Å². The molecular weight excluding hydrogens is 334 g/mol. The lowest BCUT2D eigenvalue weighted by Gasteiger charge is -2.21. The van der Waals surface area contributed by atoms with Gasteiger partial charge in [0.1, 0.15) is 12.1 Å². The lowest BCUT2D eigenvalue weighted by atomic mass is 10.1. The standard InChI is InChI=1S/C11H19N3O6S2/c12-5(3-21)9(17)13-6(1-2-8(15)16)10(18)14-7(4-22)11(19)20/h5-7,21-22H,1-4,12H2,(H,13,17)(H,14,18)(H,15,16)(H,19,20)/t5-,6-,7-/m0/s1. The molecular formula is C11H19N3O6S2. The van der Waals surface area contributed by atoms with E-state index in [-0.39, 0.29) is 24.3 Å². The second-order valence-corrected chi connectivity index (χ2v) is 5.09. The largest absolute Gasteiger partial charge is 0.481 e. The van der Waals surface area contributed by atoms with Crippen molar-refractivity contribution in [1.82, 2.24) is 10.6 Å². The Hall–Kier alpha value is -1.46. The third-order valence-electron chi connectivity index (χ3n) is 2.61. The van der Waals surface area contributed by atoms with E-state index in [1.54, 1.807) is 0 Å². The smallest absolute Gasteiger partial charge is 0.327 e. The maximum absolute atomic E-state index is 12.0. The molecule has 22 heavy (non-hydrogen) atoms. The fourth-order valence-corrected chi connectivity index (χ4v) is 1.77. The minimum atomic E-state index is -1.29. The number of carboxylic acid groups (broad SMARTS) is 2. The summed E-state index contributed by atoms with van der Waals surface area (Å²) in [5.41, 5.74) is 5.45. The van der Waals surface area contributed by atoms with E-state index in [0.29, 0.717) is 0 Å². The van der Waals surface area contributed by atoms with Crippen molar-refractivity contribution in [2.75, 3.05) is 11.5 Å². The van der Waals surface area contributed by atoms with Crippen LogP contribution in [0.3, 0.4) is 0 Å². The fraction of sp³-hybridized carbons (Fsp3) is 0.636. The van der Waals surface area contributed by atoms with Crippen LogP contribution in [0.25, 0.3) is 0 Å². The highest BCUT2D eigenvalue weighted by molar-refractivity contribution is 7.80. The van der Waals surface area contributed by atoms with E-state index in [1.807, 2.05) is 0 Å². The highest BCUT2D eigenvalue weighted by atomic mass is 32.1. The summed E-state index contributed by atoms with van der Waals surface area (Å²) in [5, 5.41) is 22.0. The van der Waals surface area contributed by atoms with Crippen molar-refractivity contribution >= 4 is 49.0 Å². The maximum Gasteiger partial charge on any atom is 0.327 e. The predicted molar refractivity (Wildman–Crippen MR) is 84.0 cm³/mol. The van der Waals surface area contributed by atoms with Gasteiger partial charge in [-0.3, -0.25) is 14.4 Å². The molecule has 0 rings (SSSR count). The molecule has 2 amide bonds. The number of nitrogens with two attached hydrogens (primary N) is 1. The molecule has 0 aliphatic rings. The van der Waals surface area contributed by atoms with Gasteiger partial charge in [-0.15, -0.1) is 0 Å². The van der Waals surface area contributed by atoms with E-state index < -0.39 is 41.9 Å². The van der Waals surface area contributed by atoms with Crippen LogP contribution in [0.5, 0.6) is 0 Å². The Kier molecular flexibility index (Phi) is 9.61. The quantitative estimate of drug-likeness (QED) is 0.226. The molecule has 11 heteroatoms. The van der Waals surface area contributed by atoms with Crippen LogP contribution >= 0.6 is 25.3 Å². The van der Waals surface area contributed by atoms with E-state index in [1.165, 1.54) is 0 Å². The molecule has 0 heterocycles. The summed E-state index contributed by atoms with van der Waals surface area (Å²) < 4.78 is 0. The first-order chi connectivity index (χ1) is 10.2. The third kappa shape index (κ3) is 7.52. The van der Waals surface area contributed by atoms with E-state index in [0.717, 1.165) is 0 Å². The molecule has 0 spiro atoms. The van der Waals surface area contributed by atoms with Gasteiger partial charge in [0, 0.05) is 17.9 Å². The number of aliphatic carboxylic acids is 2. The maximum atomic E-state index is 12.0. The first-order valence-corrected chi connectivity index (χ1v) is 7.52. The van der Waals surface area contributed by atoms with Crippen molar-refractivity contribution in [1.29, 1.82) is 0 Å². The average Bonchev–Trinajstić information content (AvgIpc) is 2.46. The van der Waals surface area contributed by atoms with Crippen LogP contribution in [0.2, 0.25) is 0 Å². The van der Waals surface area contributed by atoms with Gasteiger partial charge in [0.2, 0.25) is 11.8 Å². The van der Waals surface area contributed by atoms with Crippen molar-refractivity contribution in [3.8, 4) is 0 Å². The molecule has 0 fully saturated rings. The van der Waals surface area contributed by atoms with Gasteiger partial charge in [0.25, 0.3) is 0 Å². The SMILES string of the molecule is N[C@@H](CS)C(=O)N[C@@H](CCC(=O)O)C(=O)N[C@@H](CS)C(=O)O. The van der Waals surface area contributed by atoms with Gasteiger partial charge in [-0.1, -0.05) is 0 Å². The minimum absolute atomic E-state index is 0.0352. The number of nitrogens with one attached hydrogen (secondary N) is 2. The molecule has 6 N–H and O–H groups in total. The molecule has 0 unspecified atom stereocenters. The Balaban J connectivity index is 4.89. The second-order valence-electron chi connectivity index (χ2n) is 4.36. The highest BCUT2D eigenvalue weighted by Gasteiger charge is 2.27. The number of carbonyl (C=O) groups is 4. The van der Waals surface area contributed by atoms with Crippen LogP contribution in [-0.2, 0) is 19.2 Å². The first kappa shape index (κ1) is 20.5. The van der Waals surface area contributed by atoms with Gasteiger partial charge in [-0.25, -0.2) is 4.79 Å². The topological polar surface area (TPSA) is 159 Å². The van der Waals surface area contributed by atoms with E-state index in [4.69, 9.17) is 15.9 Å². The van der Waals surface area contributed by atoms with Gasteiger partial charge < -0.3 is 26.6 Å². The zero-order valence-corrected chi connectivity index (χ0v) is 13.3. The van der Waals surface area contributed by atoms with Crippen molar-refractivity contribution in [3.63, 3.8) is 0 Å². The summed E-state index contributed by atoms with van der Waals surface area (Å²) in [7, 11) is 0. The fourth-order valence-electron chi connectivity index (χ4n) is 1.36. The highest BCUT2D eigenvalue weighted by Crippen LogP contribution is 2.01. The van der Waals surface area contributed by atoms with Crippen molar-refractivity contribution in [2.45, 2.75) is 31.0 Å². The van der Waals surface area contributed by atoms with Crippen LogP contribution in [-0.4, -0.2) is 63.6 Å². The Morgan fingerprint density at radius 1 is 0.955 bits per heavy atom. The summed E-state index contributed by atoms with van der Waals surface area (Å²) in [5.74, 6) is -4.07. The zero-order valence-electron chi connectivity index (χ0n) is 11.6. The number of thiol groups is 2. The normalized spacial score (nSPS) is 14.5. The molecule has 0 aromatic heterocycles. The summed E-state index contributed by atoms with van der Waals surface area (Å²) in [4.78, 5) is 45.1. The predicted octanol–water partition coefficient (Wildman–Crippen LogP) is -1.91. The molecule has 0 aliphatic carbocycles. The molecule has 0 aliphatic heterocycles. The number of rotatable bonds is 10. The molecule has 0 radical (unpaired) electrons. The number of hydrogen-bond acceptors (Lipinski definition) is 7. The summed E-state index contributed by atoms with van der Waals surface area (Å²) in [6, 6.07) is -3.43. The monoisotopic (exact) mass is 353 g/mol. The van der Waals surface area contributed by atoms with Gasteiger partial charge >= 0.3 is 11.9 Å². The van der Waals surface area contributed by atoms with Gasteiger partial charge in [0.05, 0.1) is 6.04 Å². The molecule has 9 nitrogen and oxygen atoms in total. The second kappa shape index (κ2) is 10.3. The number of amides is 2. The summed E-state index contributed by atoms with van der Waals surface area (Å²) in [6.07, 6.45) is -0.585. The van der Waals surface area contributed by atoms with Crippen LogP contribution in [0.15, 0.2) is 0 Å². The Labute approximate surface area is 137 Å². The van der Waals surface area contributed by atoms with Crippen LogP contribution in [0.4, 0.5) is 0 Å². The van der Waals surface area contributed by atoms with Crippen LogP contribution in [0.1, 0.15) is 12.8 Å². The molecule has 0 aromatic carbocycles. The number of hydrogen-bond donors (Lipinski definition) is 7. The van der Waals surface area contributed by atoms with E-state index >= 15 is 0 Å². The zero-order chi connectivity index (χ0) is 17.3. The third-order valence-corrected chi connectivity index (χ3v) is 3.37. The Morgan fingerprint density at radius 2 is 1.50 bits per heavy atom. The Bertz CT molecular complexity index is 434. The van der Waals surface area contributed by atoms with Gasteiger partial charge in [0.15, 0.2) is 0 Å². The molecule has 0 aromatic rings. The van der Waals surface area contributed by atoms with Gasteiger partial charge in [-0.05, 0) is 6.42 Å². The molecule has 0 bridgehead atoms. The van der Waals surface area contributed by atoms with Crippen molar-refractivity contribution in [2.24, 2.45) is 5.73 Å². The first-order valence-electron chi connectivity index (χ1n) is 6.25. The number of carboxylic acids is 2. The molecule has 3 atom stereocenters. The minimum Gasteiger partial charge on any atom is -0.481 e. The van der Waals surface area contributed by atoms with E-state index in [2.05, 4.69) is 35.9 Å². The lowest BCUT2D eigenvalue weighted by Crippen LogP contribution is -2.55. The summed E-state index contributed by atoms with van der Waals surface area (Å²) >= 11 is 7.64. The average molecular weight is 353 g/mol. The van der Waals surface area contributed by atoms with Crippen LogP contribution < -0.4 is 16.4 Å². The van der Waals surface area contributed by atoms with Crippen molar-refractivity contribution < 1.29 is 29.4 Å². The van der Waals surface area contributed by atoms with Crippen molar-refractivity contribution in [3.05, 3.63) is 0 Å². The number of carbonyl (C=O) groups excluding carboxylic acids is 2. The van der Waals surface area contributed by atoms with Gasteiger partial charge in [-0.2, -0.15) is 25.3 Å². The molecule has 0 saturated heterocycles. The molecule has 126 valence electrons. The molecule has 0 saturated carbocycles. The summed E-state index contributed by atoms with van der Waals surface area (Å²) in [6.45, 7) is 0.